The third-order valence-corrected chi connectivity index (χ3v) is 12.5. The van der Waals surface area contributed by atoms with Crippen LogP contribution >= 0.6 is 11.6 Å². The molecule has 4 heterocycles. The van der Waals surface area contributed by atoms with Crippen molar-refractivity contribution in [2.75, 3.05) is 43.5 Å². The van der Waals surface area contributed by atoms with Gasteiger partial charge in [-0.25, -0.2) is 14.8 Å². The van der Waals surface area contributed by atoms with Gasteiger partial charge in [0.05, 0.1) is 41.3 Å². The second-order valence-electron chi connectivity index (χ2n) is 17.8. The topological polar surface area (TPSA) is 162 Å². The van der Waals surface area contributed by atoms with Gasteiger partial charge in [0, 0.05) is 56.0 Å². The number of imidazole rings is 1. The fourth-order valence-electron chi connectivity index (χ4n) is 8.48. The van der Waals surface area contributed by atoms with Crippen molar-refractivity contribution in [2.24, 2.45) is 23.2 Å². The summed E-state index contributed by atoms with van der Waals surface area (Å²) < 4.78 is 50.5. The standard InChI is InChI=1S/C45H52ClF3N8O6/c1-24(2)38(54-43(61)62-7)42(60)57-22-25(3)16-35(57)39-51-21-34(52-39)28-10-8-27(9-11-28)30-17-32(46)33(18-36(30)63-45(47,48)49)53-40(58)29-12-13-37(50-20-29)56-15-14-55(23-26(56)4)41(59)31-19-44(31,5)6/h8-13,17-18,20-21,24-26,31,35,38H,14-16,19,22-23H2,1-7H3,(H,51,52)(H,53,58)(H,54,61). The number of carbonyl (C=O) groups excluding carboxylic acids is 4. The van der Waals surface area contributed by atoms with Gasteiger partial charge in [-0.1, -0.05) is 70.5 Å². The van der Waals surface area contributed by atoms with Crippen LogP contribution in [0.15, 0.2) is 60.9 Å². The fourth-order valence-corrected chi connectivity index (χ4v) is 8.70. The first-order valence-electron chi connectivity index (χ1n) is 21.0. The van der Waals surface area contributed by atoms with Crippen LogP contribution in [-0.2, 0) is 14.3 Å². The molecule has 1 saturated carbocycles. The Morgan fingerprint density at radius 2 is 1.67 bits per heavy atom. The number of anilines is 2. The number of hydrogen-bond acceptors (Lipinski definition) is 9. The highest BCUT2D eigenvalue weighted by Gasteiger charge is 2.52. The Kier molecular flexibility index (Phi) is 12.7. The van der Waals surface area contributed by atoms with Crippen LogP contribution in [0.2, 0.25) is 5.02 Å². The van der Waals surface area contributed by atoms with E-state index in [1.165, 1.54) is 19.4 Å². The molecular formula is C45H52ClF3N8O6. The number of piperazine rings is 1. The number of carbonyl (C=O) groups is 4. The molecule has 3 N–H and O–H groups in total. The van der Waals surface area contributed by atoms with Crippen molar-refractivity contribution in [3.8, 4) is 28.1 Å². The Morgan fingerprint density at radius 3 is 2.27 bits per heavy atom. The highest BCUT2D eigenvalue weighted by molar-refractivity contribution is 6.34. The van der Waals surface area contributed by atoms with E-state index in [0.29, 0.717) is 61.1 Å². The molecule has 7 rings (SSSR count). The van der Waals surface area contributed by atoms with Crippen LogP contribution in [-0.4, -0.2) is 100 Å². The molecule has 4 amide bonds. The molecule has 0 radical (unpaired) electrons. The molecule has 1 aliphatic carbocycles. The summed E-state index contributed by atoms with van der Waals surface area (Å²) >= 11 is 6.61. The van der Waals surface area contributed by atoms with Crippen molar-refractivity contribution in [1.29, 1.82) is 0 Å². The molecule has 336 valence electrons. The summed E-state index contributed by atoms with van der Waals surface area (Å²) in [5.41, 5.74) is 1.78. The first-order valence-corrected chi connectivity index (χ1v) is 21.3. The Morgan fingerprint density at radius 1 is 0.968 bits per heavy atom. The number of aromatic amines is 1. The van der Waals surface area contributed by atoms with E-state index in [-0.39, 0.29) is 68.9 Å². The Balaban J connectivity index is 1.04. The maximum atomic E-state index is 13.8. The predicted molar refractivity (Wildman–Crippen MR) is 231 cm³/mol. The van der Waals surface area contributed by atoms with Gasteiger partial charge < -0.3 is 39.8 Å². The summed E-state index contributed by atoms with van der Waals surface area (Å²) in [4.78, 5) is 70.2. The van der Waals surface area contributed by atoms with Crippen molar-refractivity contribution >= 4 is 46.9 Å². The maximum Gasteiger partial charge on any atom is 0.573 e. The molecule has 18 heteroatoms. The van der Waals surface area contributed by atoms with Gasteiger partial charge >= 0.3 is 12.5 Å². The number of H-pyrrole nitrogens is 1. The number of nitrogens with one attached hydrogen (secondary N) is 3. The van der Waals surface area contributed by atoms with E-state index in [4.69, 9.17) is 16.3 Å². The molecule has 2 aromatic carbocycles. The molecule has 5 atom stereocenters. The number of likely N-dealkylation sites (tertiary alicyclic amines) is 1. The molecule has 63 heavy (non-hydrogen) atoms. The highest BCUT2D eigenvalue weighted by atomic mass is 35.5. The second kappa shape index (κ2) is 17.7. The summed E-state index contributed by atoms with van der Waals surface area (Å²) in [6.45, 7) is 14.1. The number of aromatic nitrogens is 3. The largest absolute Gasteiger partial charge is 0.573 e. The van der Waals surface area contributed by atoms with Crippen molar-refractivity contribution < 1.29 is 41.8 Å². The smallest absolute Gasteiger partial charge is 0.453 e. The summed E-state index contributed by atoms with van der Waals surface area (Å²) in [5.74, 6) is -0.0607. The van der Waals surface area contributed by atoms with E-state index in [0.717, 1.165) is 12.5 Å². The van der Waals surface area contributed by atoms with Gasteiger partial charge in [0.15, 0.2) is 0 Å². The SMILES string of the molecule is COC(=O)NC(C(=O)N1CC(C)CC1c1ncc(-c2ccc(-c3cc(Cl)c(NC(=O)c4ccc(N5CCN(C(=O)C6CC6(C)C)CC5C)nc4)cc3OC(F)(F)F)cc2)[nH]1)C(C)C. The van der Waals surface area contributed by atoms with Gasteiger partial charge in [-0.15, -0.1) is 13.2 Å². The summed E-state index contributed by atoms with van der Waals surface area (Å²) in [6, 6.07) is 11.1. The van der Waals surface area contributed by atoms with E-state index >= 15 is 0 Å². The minimum atomic E-state index is -5.06. The Hall–Kier alpha value is -5.84. The van der Waals surface area contributed by atoms with Gasteiger partial charge in [-0.3, -0.25) is 14.4 Å². The van der Waals surface area contributed by atoms with Crippen molar-refractivity contribution in [2.45, 2.75) is 78.9 Å². The molecule has 0 spiro atoms. The highest BCUT2D eigenvalue weighted by Crippen LogP contribution is 2.52. The third kappa shape index (κ3) is 10.0. The number of pyridine rings is 1. The van der Waals surface area contributed by atoms with Crippen LogP contribution in [0.25, 0.3) is 22.4 Å². The molecule has 5 unspecified atom stereocenters. The number of hydrogen-bond donors (Lipinski definition) is 3. The number of amides is 4. The summed E-state index contributed by atoms with van der Waals surface area (Å²) in [6.07, 6.45) is -1.20. The number of rotatable bonds is 11. The van der Waals surface area contributed by atoms with E-state index in [2.05, 4.69) is 49.1 Å². The normalized spacial score (nSPS) is 21.2. The van der Waals surface area contributed by atoms with Gasteiger partial charge in [-0.2, -0.15) is 0 Å². The number of alkyl halides is 3. The van der Waals surface area contributed by atoms with Crippen LogP contribution in [0.1, 0.15) is 76.6 Å². The van der Waals surface area contributed by atoms with E-state index in [9.17, 15) is 32.3 Å². The second-order valence-corrected chi connectivity index (χ2v) is 18.2. The molecule has 2 saturated heterocycles. The van der Waals surface area contributed by atoms with Crippen molar-refractivity contribution in [3.05, 3.63) is 77.3 Å². The number of benzene rings is 2. The number of alkyl carbamates (subject to hydrolysis) is 1. The molecular weight excluding hydrogens is 841 g/mol. The fraction of sp³-hybridized carbons (Fsp3) is 0.467. The molecule has 0 bridgehead atoms. The molecule has 4 aromatic rings. The van der Waals surface area contributed by atoms with Gasteiger partial charge in [0.25, 0.3) is 5.91 Å². The Bertz CT molecular complexity index is 2360. The Labute approximate surface area is 368 Å². The summed E-state index contributed by atoms with van der Waals surface area (Å²) in [7, 11) is 1.24. The number of halogens is 4. The molecule has 14 nitrogen and oxygen atoms in total. The molecule has 2 aliphatic heterocycles. The van der Waals surface area contributed by atoms with Crippen LogP contribution in [0.4, 0.5) is 29.5 Å². The minimum absolute atomic E-state index is 0.00543. The van der Waals surface area contributed by atoms with Crippen LogP contribution in [0.3, 0.4) is 0 Å². The van der Waals surface area contributed by atoms with Crippen LogP contribution in [0.5, 0.6) is 5.75 Å². The minimum Gasteiger partial charge on any atom is -0.453 e. The van der Waals surface area contributed by atoms with Crippen molar-refractivity contribution in [1.82, 2.24) is 30.1 Å². The zero-order valence-corrected chi connectivity index (χ0v) is 36.9. The van der Waals surface area contributed by atoms with E-state index in [1.54, 1.807) is 47.5 Å². The van der Waals surface area contributed by atoms with E-state index in [1.807, 2.05) is 32.6 Å². The third-order valence-electron chi connectivity index (χ3n) is 12.2. The lowest BCUT2D eigenvalue weighted by molar-refractivity contribution is -0.274. The number of methoxy groups -OCH3 is 1. The molecule has 3 aliphatic rings. The van der Waals surface area contributed by atoms with Gasteiger partial charge in [0.2, 0.25) is 11.8 Å². The van der Waals surface area contributed by atoms with Crippen molar-refractivity contribution in [3.63, 3.8) is 0 Å². The first kappa shape index (κ1) is 45.2. The summed E-state index contributed by atoms with van der Waals surface area (Å²) in [5, 5.41) is 5.21. The molecule has 3 fully saturated rings. The quantitative estimate of drug-likeness (QED) is 0.135. The van der Waals surface area contributed by atoms with Crippen LogP contribution in [0, 0.1) is 23.2 Å². The first-order chi connectivity index (χ1) is 29.7. The lowest BCUT2D eigenvalue weighted by atomic mass is 10.0. The van der Waals surface area contributed by atoms with Crippen LogP contribution < -0.4 is 20.3 Å². The predicted octanol–water partition coefficient (Wildman–Crippen LogP) is 8.32. The van der Waals surface area contributed by atoms with Gasteiger partial charge in [-0.05, 0) is 66.3 Å². The van der Waals surface area contributed by atoms with Gasteiger partial charge in [0.1, 0.15) is 23.4 Å². The number of nitrogens with zero attached hydrogens (tertiary/aromatic N) is 5. The molecule has 2 aromatic heterocycles. The lowest BCUT2D eigenvalue weighted by Crippen LogP contribution is -2.54. The average Bonchev–Trinajstić information content (AvgIpc) is 3.52. The lowest BCUT2D eigenvalue weighted by Gasteiger charge is -2.40. The zero-order valence-electron chi connectivity index (χ0n) is 36.2. The number of ether oxygens (including phenoxy) is 2. The average molecular weight is 893 g/mol. The maximum absolute atomic E-state index is 13.8. The monoisotopic (exact) mass is 892 g/mol. The van der Waals surface area contributed by atoms with E-state index < -0.39 is 30.2 Å². The zero-order chi connectivity index (χ0) is 45.5.